The molecule has 4 heteroatoms. The van der Waals surface area contributed by atoms with E-state index in [1.165, 1.54) is 0 Å². The Hall–Kier alpha value is -1.81. The summed E-state index contributed by atoms with van der Waals surface area (Å²) in [6.45, 7) is 8.17. The number of rotatable bonds is 4. The molecule has 0 saturated carbocycles. The van der Waals surface area contributed by atoms with Gasteiger partial charge in [0.25, 0.3) is 5.91 Å². The number of hydrogen-bond donors (Lipinski definition) is 3. The molecule has 0 aliphatic carbocycles. The highest BCUT2D eigenvalue weighted by molar-refractivity contribution is 6.08. The minimum atomic E-state index is -0.0988. The van der Waals surface area contributed by atoms with Crippen LogP contribution in [0.25, 0.3) is 10.9 Å². The van der Waals surface area contributed by atoms with Gasteiger partial charge in [-0.2, -0.15) is 0 Å². The van der Waals surface area contributed by atoms with Crippen LogP contribution in [0.3, 0.4) is 0 Å². The molecule has 1 heterocycles. The van der Waals surface area contributed by atoms with Crippen molar-refractivity contribution < 1.29 is 9.90 Å². The van der Waals surface area contributed by atoms with Crippen molar-refractivity contribution in [3.63, 3.8) is 0 Å². The summed E-state index contributed by atoms with van der Waals surface area (Å²) >= 11 is 0. The van der Waals surface area contributed by atoms with Gasteiger partial charge in [0.2, 0.25) is 0 Å². The van der Waals surface area contributed by atoms with E-state index in [9.17, 15) is 9.90 Å². The second kappa shape index (κ2) is 5.90. The van der Waals surface area contributed by atoms with Gasteiger partial charge in [-0.1, -0.05) is 39.0 Å². The van der Waals surface area contributed by atoms with E-state index in [0.717, 1.165) is 16.6 Å². The Morgan fingerprint density at radius 3 is 2.62 bits per heavy atom. The average Bonchev–Trinajstić information content (AvgIpc) is 2.72. The number of aromatic nitrogens is 1. The van der Waals surface area contributed by atoms with Crippen LogP contribution in [0.2, 0.25) is 0 Å². The van der Waals surface area contributed by atoms with E-state index in [0.29, 0.717) is 12.0 Å². The standard InChI is InChI=1S/C17H24N2O2/c1-11-15(12-7-5-6-8-13(12)18-11)16(21)19-14(9-10-20)17(2,3)4/h5-8,14,18,20H,9-10H2,1-4H3,(H,19,21). The Labute approximate surface area is 125 Å². The molecule has 1 aromatic heterocycles. The van der Waals surface area contributed by atoms with E-state index in [1.807, 2.05) is 31.2 Å². The lowest BCUT2D eigenvalue weighted by atomic mass is 9.84. The van der Waals surface area contributed by atoms with Gasteiger partial charge in [0.1, 0.15) is 0 Å². The number of carbonyl (C=O) groups is 1. The second-order valence-corrected chi connectivity index (χ2v) is 6.57. The molecular formula is C17H24N2O2. The van der Waals surface area contributed by atoms with Crippen molar-refractivity contribution in [1.82, 2.24) is 10.3 Å². The van der Waals surface area contributed by atoms with Crippen LogP contribution in [0.1, 0.15) is 43.2 Å². The summed E-state index contributed by atoms with van der Waals surface area (Å²) in [4.78, 5) is 15.9. The lowest BCUT2D eigenvalue weighted by Crippen LogP contribution is -2.44. The molecule has 1 unspecified atom stereocenters. The maximum atomic E-state index is 12.7. The van der Waals surface area contributed by atoms with Crippen LogP contribution >= 0.6 is 0 Å². The Morgan fingerprint density at radius 1 is 1.33 bits per heavy atom. The fourth-order valence-corrected chi connectivity index (χ4v) is 2.65. The predicted octanol–water partition coefficient (Wildman–Crippen LogP) is 3.00. The number of aliphatic hydroxyl groups is 1. The van der Waals surface area contributed by atoms with Gasteiger partial charge in [0.15, 0.2) is 0 Å². The summed E-state index contributed by atoms with van der Waals surface area (Å²) < 4.78 is 0. The summed E-state index contributed by atoms with van der Waals surface area (Å²) in [6, 6.07) is 7.73. The summed E-state index contributed by atoms with van der Waals surface area (Å²) in [7, 11) is 0. The monoisotopic (exact) mass is 288 g/mol. The number of carbonyl (C=O) groups excluding carboxylic acids is 1. The number of benzene rings is 1. The number of para-hydroxylation sites is 1. The van der Waals surface area contributed by atoms with Gasteiger partial charge in [0.05, 0.1) is 5.56 Å². The number of amides is 1. The third-order valence-electron chi connectivity index (χ3n) is 3.89. The lowest BCUT2D eigenvalue weighted by Gasteiger charge is -2.31. The zero-order valence-electron chi connectivity index (χ0n) is 13.2. The van der Waals surface area contributed by atoms with Crippen molar-refractivity contribution in [1.29, 1.82) is 0 Å². The predicted molar refractivity (Wildman–Crippen MR) is 85.4 cm³/mol. The first-order chi connectivity index (χ1) is 9.84. The molecule has 0 aliphatic heterocycles. The van der Waals surface area contributed by atoms with Crippen molar-refractivity contribution in [2.75, 3.05) is 6.61 Å². The van der Waals surface area contributed by atoms with Gasteiger partial charge >= 0.3 is 0 Å². The van der Waals surface area contributed by atoms with Crippen LogP contribution in [-0.2, 0) is 0 Å². The van der Waals surface area contributed by atoms with Crippen molar-refractivity contribution in [2.24, 2.45) is 5.41 Å². The van der Waals surface area contributed by atoms with Crippen LogP contribution in [-0.4, -0.2) is 28.6 Å². The first kappa shape index (κ1) is 15.6. The van der Waals surface area contributed by atoms with Gasteiger partial charge in [0, 0.05) is 29.2 Å². The molecular weight excluding hydrogens is 264 g/mol. The minimum absolute atomic E-state index is 0.0646. The maximum Gasteiger partial charge on any atom is 0.253 e. The largest absolute Gasteiger partial charge is 0.396 e. The van der Waals surface area contributed by atoms with E-state index >= 15 is 0 Å². The minimum Gasteiger partial charge on any atom is -0.396 e. The first-order valence-electron chi connectivity index (χ1n) is 7.33. The zero-order chi connectivity index (χ0) is 15.6. The number of aryl methyl sites for hydroxylation is 1. The van der Waals surface area contributed by atoms with Crippen molar-refractivity contribution >= 4 is 16.8 Å². The molecule has 4 nitrogen and oxygen atoms in total. The highest BCUT2D eigenvalue weighted by atomic mass is 16.3. The third-order valence-corrected chi connectivity index (χ3v) is 3.89. The quantitative estimate of drug-likeness (QED) is 0.809. The maximum absolute atomic E-state index is 12.7. The van der Waals surface area contributed by atoms with Crippen LogP contribution in [0.4, 0.5) is 0 Å². The number of aromatic amines is 1. The number of H-pyrrole nitrogens is 1. The fourth-order valence-electron chi connectivity index (χ4n) is 2.65. The van der Waals surface area contributed by atoms with Gasteiger partial charge in [-0.05, 0) is 24.8 Å². The smallest absolute Gasteiger partial charge is 0.253 e. The molecule has 21 heavy (non-hydrogen) atoms. The molecule has 0 bridgehead atoms. The van der Waals surface area contributed by atoms with Crippen molar-refractivity contribution in [3.8, 4) is 0 Å². The summed E-state index contributed by atoms with van der Waals surface area (Å²) in [5.41, 5.74) is 2.43. The van der Waals surface area contributed by atoms with E-state index in [4.69, 9.17) is 0 Å². The highest BCUT2D eigenvalue weighted by Crippen LogP contribution is 2.25. The summed E-state index contributed by atoms with van der Waals surface area (Å²) in [6.07, 6.45) is 0.552. The molecule has 0 spiro atoms. The van der Waals surface area contributed by atoms with Crippen LogP contribution in [0.5, 0.6) is 0 Å². The van der Waals surface area contributed by atoms with Crippen LogP contribution < -0.4 is 5.32 Å². The van der Waals surface area contributed by atoms with Crippen LogP contribution in [0, 0.1) is 12.3 Å². The Kier molecular flexibility index (Phi) is 4.37. The molecule has 2 aromatic rings. The molecule has 3 N–H and O–H groups in total. The molecule has 0 aliphatic rings. The Morgan fingerprint density at radius 2 is 2.00 bits per heavy atom. The Balaban J connectivity index is 2.32. The zero-order valence-corrected chi connectivity index (χ0v) is 13.2. The lowest BCUT2D eigenvalue weighted by molar-refractivity contribution is 0.0886. The van der Waals surface area contributed by atoms with Crippen molar-refractivity contribution in [3.05, 3.63) is 35.5 Å². The van der Waals surface area contributed by atoms with Gasteiger partial charge in [-0.3, -0.25) is 4.79 Å². The first-order valence-corrected chi connectivity index (χ1v) is 7.33. The van der Waals surface area contributed by atoms with E-state index in [-0.39, 0.29) is 24.0 Å². The molecule has 1 atom stereocenters. The normalized spacial score (nSPS) is 13.4. The molecule has 0 saturated heterocycles. The summed E-state index contributed by atoms with van der Waals surface area (Å²) in [5.74, 6) is -0.0849. The van der Waals surface area contributed by atoms with Gasteiger partial charge in [-0.15, -0.1) is 0 Å². The molecule has 1 amide bonds. The molecule has 0 fully saturated rings. The Bertz CT molecular complexity index is 638. The topological polar surface area (TPSA) is 65.1 Å². The number of hydrogen-bond acceptors (Lipinski definition) is 2. The molecule has 0 radical (unpaired) electrons. The molecule has 2 rings (SSSR count). The SMILES string of the molecule is Cc1[nH]c2ccccc2c1C(=O)NC(CCO)C(C)(C)C. The van der Waals surface area contributed by atoms with Crippen LogP contribution in [0.15, 0.2) is 24.3 Å². The average molecular weight is 288 g/mol. The molecule has 114 valence electrons. The number of aliphatic hydroxyl groups excluding tert-OH is 1. The van der Waals surface area contributed by atoms with Gasteiger partial charge in [-0.25, -0.2) is 0 Å². The third kappa shape index (κ3) is 3.27. The van der Waals surface area contributed by atoms with Gasteiger partial charge < -0.3 is 15.4 Å². The van der Waals surface area contributed by atoms with E-state index in [2.05, 4.69) is 31.1 Å². The highest BCUT2D eigenvalue weighted by Gasteiger charge is 2.27. The number of fused-ring (bicyclic) bond motifs is 1. The number of nitrogens with one attached hydrogen (secondary N) is 2. The summed E-state index contributed by atoms with van der Waals surface area (Å²) in [5, 5.41) is 13.2. The molecule has 1 aromatic carbocycles. The second-order valence-electron chi connectivity index (χ2n) is 6.57. The van der Waals surface area contributed by atoms with E-state index in [1.54, 1.807) is 0 Å². The fraction of sp³-hybridized carbons (Fsp3) is 0.471. The van der Waals surface area contributed by atoms with E-state index < -0.39 is 0 Å². The van der Waals surface area contributed by atoms with Crippen molar-refractivity contribution in [2.45, 2.75) is 40.2 Å².